The van der Waals surface area contributed by atoms with Gasteiger partial charge in [0.15, 0.2) is 0 Å². The van der Waals surface area contributed by atoms with Gasteiger partial charge in [0.1, 0.15) is 0 Å². The van der Waals surface area contributed by atoms with Crippen molar-refractivity contribution >= 4 is 35.2 Å². The van der Waals surface area contributed by atoms with E-state index in [4.69, 9.17) is 18.9 Å². The molecule has 118 valence electrons. The third-order valence-electron chi connectivity index (χ3n) is 2.96. The van der Waals surface area contributed by atoms with Crippen molar-refractivity contribution in [2.75, 3.05) is 28.4 Å². The molecule has 0 N–H and O–H groups in total. The standard InChI is InChI=1S/C16H18O4Se2/c1-17-11-5-7-15(13(9-11)19-3)21-22-16-8-6-12(18-2)10-14(16)20-4/h5-10H,1-4H3. The molecular weight excluding hydrogens is 414 g/mol. The second kappa shape index (κ2) is 8.35. The average molecular weight is 432 g/mol. The molecule has 0 radical (unpaired) electrons. The van der Waals surface area contributed by atoms with Gasteiger partial charge in [0.25, 0.3) is 0 Å². The molecule has 0 amide bonds. The summed E-state index contributed by atoms with van der Waals surface area (Å²) in [6, 6.07) is 12.0. The zero-order chi connectivity index (χ0) is 15.9. The molecule has 2 aromatic rings. The van der Waals surface area contributed by atoms with Gasteiger partial charge in [0, 0.05) is 0 Å². The van der Waals surface area contributed by atoms with Crippen LogP contribution in [0.25, 0.3) is 0 Å². The van der Waals surface area contributed by atoms with Crippen LogP contribution in [0.2, 0.25) is 0 Å². The van der Waals surface area contributed by atoms with Crippen molar-refractivity contribution in [1.29, 1.82) is 0 Å². The van der Waals surface area contributed by atoms with Crippen molar-refractivity contribution in [2.45, 2.75) is 0 Å². The Bertz CT molecular complexity index is 576. The van der Waals surface area contributed by atoms with Crippen LogP contribution in [0, 0.1) is 0 Å². The summed E-state index contributed by atoms with van der Waals surface area (Å²) >= 11 is 0.596. The molecule has 2 rings (SSSR count). The van der Waals surface area contributed by atoms with Gasteiger partial charge in [-0.3, -0.25) is 0 Å². The number of methoxy groups -OCH3 is 4. The van der Waals surface area contributed by atoms with E-state index in [-0.39, 0.29) is 0 Å². The number of hydrogen-bond acceptors (Lipinski definition) is 4. The van der Waals surface area contributed by atoms with Crippen LogP contribution in [-0.4, -0.2) is 54.7 Å². The van der Waals surface area contributed by atoms with Crippen molar-refractivity contribution in [1.82, 2.24) is 0 Å². The molecule has 0 bridgehead atoms. The first kappa shape index (κ1) is 17.0. The predicted octanol–water partition coefficient (Wildman–Crippen LogP) is 0.995. The van der Waals surface area contributed by atoms with Gasteiger partial charge < -0.3 is 0 Å². The second-order valence-electron chi connectivity index (χ2n) is 4.20. The van der Waals surface area contributed by atoms with Crippen LogP contribution >= 0.6 is 0 Å². The molecule has 0 aliphatic carbocycles. The molecule has 0 aliphatic heterocycles. The zero-order valence-corrected chi connectivity index (χ0v) is 16.3. The monoisotopic (exact) mass is 434 g/mol. The van der Waals surface area contributed by atoms with Crippen LogP contribution in [0.4, 0.5) is 0 Å². The van der Waals surface area contributed by atoms with Crippen molar-refractivity contribution in [3.63, 3.8) is 0 Å². The van der Waals surface area contributed by atoms with Crippen LogP contribution in [0.1, 0.15) is 0 Å². The normalized spacial score (nSPS) is 10.2. The third kappa shape index (κ3) is 4.11. The first-order chi connectivity index (χ1) is 10.7. The molecule has 0 saturated carbocycles. The molecule has 0 atom stereocenters. The maximum atomic E-state index is 5.46. The Labute approximate surface area is 142 Å². The molecule has 22 heavy (non-hydrogen) atoms. The van der Waals surface area contributed by atoms with E-state index in [0.717, 1.165) is 23.0 Å². The molecule has 0 unspecified atom stereocenters. The summed E-state index contributed by atoms with van der Waals surface area (Å²) in [6.45, 7) is 0. The Kier molecular flexibility index (Phi) is 6.47. The van der Waals surface area contributed by atoms with Crippen LogP contribution in [-0.2, 0) is 0 Å². The average Bonchev–Trinajstić information content (AvgIpc) is 2.59. The van der Waals surface area contributed by atoms with Crippen molar-refractivity contribution in [3.8, 4) is 23.0 Å². The van der Waals surface area contributed by atoms with Gasteiger partial charge in [-0.1, -0.05) is 0 Å². The molecule has 2 aromatic carbocycles. The number of hydrogen-bond donors (Lipinski definition) is 0. The number of ether oxygens (including phenoxy) is 4. The fraction of sp³-hybridized carbons (Fsp3) is 0.250. The first-order valence-electron chi connectivity index (χ1n) is 6.50. The third-order valence-corrected chi connectivity index (χ3v) is 10.1. The first-order valence-corrected chi connectivity index (χ1v) is 12.5. The molecule has 0 heterocycles. The Morgan fingerprint density at radius 1 is 0.591 bits per heavy atom. The van der Waals surface area contributed by atoms with Crippen molar-refractivity contribution in [3.05, 3.63) is 36.4 Å². The van der Waals surface area contributed by atoms with E-state index < -0.39 is 0 Å². The molecular formula is C16H18O4Se2. The summed E-state index contributed by atoms with van der Waals surface area (Å²) < 4.78 is 23.9. The van der Waals surface area contributed by atoms with Crippen LogP contribution in [0.5, 0.6) is 23.0 Å². The van der Waals surface area contributed by atoms with Gasteiger partial charge in [-0.25, -0.2) is 0 Å². The van der Waals surface area contributed by atoms with Crippen LogP contribution in [0.15, 0.2) is 36.4 Å². The number of benzene rings is 2. The van der Waals surface area contributed by atoms with E-state index in [1.807, 2.05) is 24.3 Å². The zero-order valence-electron chi connectivity index (χ0n) is 12.9. The van der Waals surface area contributed by atoms with Crippen molar-refractivity contribution < 1.29 is 18.9 Å². The van der Waals surface area contributed by atoms with E-state index in [1.165, 1.54) is 8.92 Å². The summed E-state index contributed by atoms with van der Waals surface area (Å²) in [4.78, 5) is 0. The molecule has 4 nitrogen and oxygen atoms in total. The summed E-state index contributed by atoms with van der Waals surface area (Å²) in [7, 11) is 6.70. The van der Waals surface area contributed by atoms with E-state index in [0.29, 0.717) is 26.3 Å². The Hall–Kier alpha value is -1.32. The fourth-order valence-electron chi connectivity index (χ4n) is 1.78. The van der Waals surface area contributed by atoms with Crippen molar-refractivity contribution in [2.24, 2.45) is 0 Å². The SMILES string of the molecule is COc1ccc([Se][Se]c2ccc(OC)cc2OC)c(OC)c1. The van der Waals surface area contributed by atoms with Crippen LogP contribution < -0.4 is 27.9 Å². The topological polar surface area (TPSA) is 36.9 Å². The summed E-state index contributed by atoms with van der Waals surface area (Å²) in [5.74, 6) is 3.39. The molecule has 0 saturated heterocycles. The molecule has 0 aliphatic rings. The molecule has 0 spiro atoms. The van der Waals surface area contributed by atoms with E-state index in [1.54, 1.807) is 28.4 Å². The van der Waals surface area contributed by atoms with E-state index >= 15 is 0 Å². The number of rotatable bonds is 7. The molecule has 0 fully saturated rings. The Balaban J connectivity index is 2.16. The van der Waals surface area contributed by atoms with Gasteiger partial charge in [-0.05, 0) is 0 Å². The van der Waals surface area contributed by atoms with Gasteiger partial charge in [0.05, 0.1) is 0 Å². The predicted molar refractivity (Wildman–Crippen MR) is 89.9 cm³/mol. The van der Waals surface area contributed by atoms with E-state index in [2.05, 4.69) is 12.1 Å². The molecule has 6 heteroatoms. The maximum absolute atomic E-state index is 5.46. The Morgan fingerprint density at radius 2 is 1.00 bits per heavy atom. The second-order valence-corrected chi connectivity index (χ2v) is 10.4. The van der Waals surface area contributed by atoms with E-state index in [9.17, 15) is 0 Å². The van der Waals surface area contributed by atoms with Gasteiger partial charge in [-0.15, -0.1) is 0 Å². The van der Waals surface area contributed by atoms with Gasteiger partial charge in [-0.2, -0.15) is 0 Å². The summed E-state index contributed by atoms with van der Waals surface area (Å²) in [5, 5.41) is 0. The van der Waals surface area contributed by atoms with Gasteiger partial charge >= 0.3 is 142 Å². The summed E-state index contributed by atoms with van der Waals surface area (Å²) in [5.41, 5.74) is 0. The Morgan fingerprint density at radius 3 is 1.32 bits per heavy atom. The summed E-state index contributed by atoms with van der Waals surface area (Å²) in [6.07, 6.45) is 0. The minimum absolute atomic E-state index is 0.298. The molecule has 0 aromatic heterocycles. The fourth-order valence-corrected chi connectivity index (χ4v) is 8.57. The van der Waals surface area contributed by atoms with Crippen LogP contribution in [0.3, 0.4) is 0 Å². The quantitative estimate of drug-likeness (QED) is 0.612. The van der Waals surface area contributed by atoms with Gasteiger partial charge in [0.2, 0.25) is 0 Å². The minimum atomic E-state index is 0.298.